The standard InChI is InChI=1S/C21H25N5O2/c1-14-6-10-26(11-7-14)21(28)25-19-18(22-8-9-23-19)20(27)24-17-12-15-4-2-3-5-16(15)13-17/h2-5,8-9,14,17H,6-7,10-13H2,1H3,(H,24,27)(H,23,25,28). The Morgan fingerprint density at radius 3 is 2.36 bits per heavy atom. The number of piperidine rings is 1. The fourth-order valence-corrected chi connectivity index (χ4v) is 3.90. The SMILES string of the molecule is CC1CCN(C(=O)Nc2nccnc2C(=O)NC2Cc3ccccc3C2)CC1. The van der Waals surface area contributed by atoms with Crippen LogP contribution < -0.4 is 10.6 Å². The molecule has 7 nitrogen and oxygen atoms in total. The number of anilines is 1. The zero-order valence-electron chi connectivity index (χ0n) is 16.0. The van der Waals surface area contributed by atoms with Crippen molar-refractivity contribution in [1.82, 2.24) is 20.2 Å². The molecule has 1 saturated heterocycles. The fourth-order valence-electron chi connectivity index (χ4n) is 3.90. The minimum absolute atomic E-state index is 0.0269. The molecule has 1 aliphatic heterocycles. The first kappa shape index (κ1) is 18.4. The van der Waals surface area contributed by atoms with E-state index in [2.05, 4.69) is 39.7 Å². The van der Waals surface area contributed by atoms with Gasteiger partial charge in [-0.3, -0.25) is 10.1 Å². The molecule has 1 fully saturated rings. The van der Waals surface area contributed by atoms with Crippen molar-refractivity contribution in [2.45, 2.75) is 38.6 Å². The van der Waals surface area contributed by atoms with Gasteiger partial charge in [0.2, 0.25) is 0 Å². The van der Waals surface area contributed by atoms with Crippen molar-refractivity contribution in [2.24, 2.45) is 5.92 Å². The molecule has 28 heavy (non-hydrogen) atoms. The van der Waals surface area contributed by atoms with Crippen LogP contribution in [-0.4, -0.2) is 45.9 Å². The predicted molar refractivity (Wildman–Crippen MR) is 106 cm³/mol. The highest BCUT2D eigenvalue weighted by atomic mass is 16.2. The molecule has 0 saturated carbocycles. The number of hydrogen-bond acceptors (Lipinski definition) is 4. The summed E-state index contributed by atoms with van der Waals surface area (Å²) in [7, 11) is 0. The summed E-state index contributed by atoms with van der Waals surface area (Å²) in [5.74, 6) is 0.532. The lowest BCUT2D eigenvalue weighted by molar-refractivity contribution is 0.0934. The van der Waals surface area contributed by atoms with Gasteiger partial charge in [-0.25, -0.2) is 14.8 Å². The van der Waals surface area contributed by atoms with Gasteiger partial charge in [0.25, 0.3) is 5.91 Å². The molecule has 146 valence electrons. The van der Waals surface area contributed by atoms with E-state index in [0.29, 0.717) is 5.92 Å². The number of benzene rings is 1. The van der Waals surface area contributed by atoms with E-state index in [1.165, 1.54) is 23.5 Å². The van der Waals surface area contributed by atoms with E-state index < -0.39 is 0 Å². The maximum atomic E-state index is 12.8. The van der Waals surface area contributed by atoms with Crippen LogP contribution >= 0.6 is 0 Å². The molecule has 0 bridgehead atoms. The number of nitrogens with one attached hydrogen (secondary N) is 2. The summed E-state index contributed by atoms with van der Waals surface area (Å²) < 4.78 is 0. The van der Waals surface area contributed by atoms with E-state index in [9.17, 15) is 9.59 Å². The zero-order valence-corrected chi connectivity index (χ0v) is 16.0. The average molecular weight is 379 g/mol. The third kappa shape index (κ3) is 3.98. The number of fused-ring (bicyclic) bond motifs is 1. The molecule has 0 radical (unpaired) electrons. The lowest BCUT2D eigenvalue weighted by Gasteiger charge is -2.30. The Morgan fingerprint density at radius 1 is 1.04 bits per heavy atom. The van der Waals surface area contributed by atoms with Gasteiger partial charge in [0.1, 0.15) is 0 Å². The van der Waals surface area contributed by atoms with Crippen LogP contribution in [0.25, 0.3) is 0 Å². The molecule has 1 aromatic heterocycles. The van der Waals surface area contributed by atoms with Gasteiger partial charge in [0.15, 0.2) is 11.5 Å². The van der Waals surface area contributed by atoms with Crippen molar-refractivity contribution >= 4 is 17.8 Å². The minimum atomic E-state index is -0.312. The second-order valence-corrected chi connectivity index (χ2v) is 7.70. The lowest BCUT2D eigenvalue weighted by Crippen LogP contribution is -2.41. The average Bonchev–Trinajstić information content (AvgIpc) is 3.11. The van der Waals surface area contributed by atoms with Gasteiger partial charge < -0.3 is 10.2 Å². The smallest absolute Gasteiger partial charge is 0.323 e. The normalized spacial score (nSPS) is 17.2. The molecule has 3 amide bonds. The highest BCUT2D eigenvalue weighted by molar-refractivity contribution is 6.00. The lowest BCUT2D eigenvalue weighted by atomic mass is 10.00. The third-order valence-corrected chi connectivity index (χ3v) is 5.60. The Labute approximate surface area is 164 Å². The van der Waals surface area contributed by atoms with Crippen LogP contribution in [0.5, 0.6) is 0 Å². The van der Waals surface area contributed by atoms with Crippen molar-refractivity contribution in [2.75, 3.05) is 18.4 Å². The molecular weight excluding hydrogens is 354 g/mol. The van der Waals surface area contributed by atoms with Gasteiger partial charge in [-0.05, 0) is 42.7 Å². The van der Waals surface area contributed by atoms with Gasteiger partial charge >= 0.3 is 6.03 Å². The van der Waals surface area contributed by atoms with E-state index in [-0.39, 0.29) is 29.5 Å². The van der Waals surface area contributed by atoms with Gasteiger partial charge in [-0.2, -0.15) is 0 Å². The van der Waals surface area contributed by atoms with Crippen LogP contribution in [0.1, 0.15) is 41.4 Å². The van der Waals surface area contributed by atoms with Gasteiger partial charge in [-0.15, -0.1) is 0 Å². The number of aromatic nitrogens is 2. The molecule has 0 unspecified atom stereocenters. The highest BCUT2D eigenvalue weighted by Gasteiger charge is 2.26. The first-order valence-electron chi connectivity index (χ1n) is 9.84. The molecule has 0 atom stereocenters. The Kier molecular flexibility index (Phi) is 5.23. The highest BCUT2D eigenvalue weighted by Crippen LogP contribution is 2.22. The summed E-state index contributed by atoms with van der Waals surface area (Å²) in [5.41, 5.74) is 2.68. The Bertz CT molecular complexity index is 852. The molecule has 0 spiro atoms. The summed E-state index contributed by atoms with van der Waals surface area (Å²) in [6, 6.07) is 8.01. The maximum Gasteiger partial charge on any atom is 0.323 e. The van der Waals surface area contributed by atoms with Gasteiger partial charge in [0.05, 0.1) is 0 Å². The summed E-state index contributed by atoms with van der Waals surface area (Å²) in [4.78, 5) is 35.5. The first-order valence-corrected chi connectivity index (χ1v) is 9.84. The van der Waals surface area contributed by atoms with Gasteiger partial charge in [-0.1, -0.05) is 31.2 Å². The second-order valence-electron chi connectivity index (χ2n) is 7.70. The van der Waals surface area contributed by atoms with Crippen LogP contribution in [-0.2, 0) is 12.8 Å². The van der Waals surface area contributed by atoms with Crippen molar-refractivity contribution in [3.8, 4) is 0 Å². The second kappa shape index (κ2) is 7.96. The van der Waals surface area contributed by atoms with E-state index in [4.69, 9.17) is 0 Å². The molecule has 4 rings (SSSR count). The van der Waals surface area contributed by atoms with E-state index in [1.807, 2.05) is 12.1 Å². The number of likely N-dealkylation sites (tertiary alicyclic amines) is 1. The molecule has 7 heteroatoms. The topological polar surface area (TPSA) is 87.2 Å². The third-order valence-electron chi connectivity index (χ3n) is 5.60. The van der Waals surface area contributed by atoms with Crippen molar-refractivity contribution in [3.05, 3.63) is 53.5 Å². The summed E-state index contributed by atoms with van der Waals surface area (Å²) in [6.45, 7) is 3.63. The van der Waals surface area contributed by atoms with E-state index in [1.54, 1.807) is 4.90 Å². The Balaban J connectivity index is 1.41. The number of rotatable bonds is 3. The van der Waals surface area contributed by atoms with E-state index in [0.717, 1.165) is 38.8 Å². The molecule has 2 N–H and O–H groups in total. The maximum absolute atomic E-state index is 12.8. The predicted octanol–water partition coefficient (Wildman–Crippen LogP) is 2.64. The van der Waals surface area contributed by atoms with Crippen molar-refractivity contribution in [1.29, 1.82) is 0 Å². The largest absolute Gasteiger partial charge is 0.347 e. The summed E-state index contributed by atoms with van der Waals surface area (Å²) >= 11 is 0. The molecule has 1 aliphatic carbocycles. The van der Waals surface area contributed by atoms with Crippen molar-refractivity contribution < 1.29 is 9.59 Å². The Hall–Kier alpha value is -2.96. The number of amides is 3. The fraction of sp³-hybridized carbons (Fsp3) is 0.429. The molecular formula is C21H25N5O2. The van der Waals surface area contributed by atoms with E-state index >= 15 is 0 Å². The van der Waals surface area contributed by atoms with Crippen LogP contribution in [0.15, 0.2) is 36.7 Å². The Morgan fingerprint density at radius 2 is 1.68 bits per heavy atom. The van der Waals surface area contributed by atoms with Crippen LogP contribution in [0.4, 0.5) is 10.6 Å². The number of urea groups is 1. The number of nitrogens with zero attached hydrogens (tertiary/aromatic N) is 3. The quantitative estimate of drug-likeness (QED) is 0.858. The van der Waals surface area contributed by atoms with Crippen molar-refractivity contribution in [3.63, 3.8) is 0 Å². The minimum Gasteiger partial charge on any atom is -0.347 e. The summed E-state index contributed by atoms with van der Waals surface area (Å²) in [6.07, 6.45) is 6.53. The van der Waals surface area contributed by atoms with Crippen LogP contribution in [0.3, 0.4) is 0 Å². The zero-order chi connectivity index (χ0) is 19.5. The molecule has 2 heterocycles. The molecule has 1 aromatic carbocycles. The van der Waals surface area contributed by atoms with Crippen LogP contribution in [0, 0.1) is 5.92 Å². The number of hydrogen-bond donors (Lipinski definition) is 2. The first-order chi connectivity index (χ1) is 13.6. The monoisotopic (exact) mass is 379 g/mol. The molecule has 2 aliphatic rings. The van der Waals surface area contributed by atoms with Crippen LogP contribution in [0.2, 0.25) is 0 Å². The summed E-state index contributed by atoms with van der Waals surface area (Å²) in [5, 5.41) is 5.81. The number of carbonyl (C=O) groups is 2. The molecule has 2 aromatic rings. The van der Waals surface area contributed by atoms with Gasteiger partial charge in [0, 0.05) is 31.5 Å². The number of carbonyl (C=O) groups excluding carboxylic acids is 2.